The molecule has 1 aliphatic carbocycles. The summed E-state index contributed by atoms with van der Waals surface area (Å²) in [4.78, 5) is 16.5. The Morgan fingerprint density at radius 2 is 2.11 bits per heavy atom. The average molecular weight is 255 g/mol. The minimum atomic E-state index is -0.161. The molecule has 0 amide bonds. The van der Waals surface area contributed by atoms with E-state index in [0.717, 1.165) is 32.7 Å². The van der Waals surface area contributed by atoms with Gasteiger partial charge in [-0.05, 0) is 39.4 Å². The molecule has 1 atom stereocenters. The fourth-order valence-electron chi connectivity index (χ4n) is 2.41. The van der Waals surface area contributed by atoms with Crippen molar-refractivity contribution in [3.05, 3.63) is 0 Å². The van der Waals surface area contributed by atoms with Crippen LogP contribution in [0.2, 0.25) is 0 Å². The highest BCUT2D eigenvalue weighted by molar-refractivity contribution is 5.76. The van der Waals surface area contributed by atoms with Gasteiger partial charge in [0.1, 0.15) is 6.04 Å². The molecule has 0 radical (unpaired) electrons. The molecular weight excluding hydrogens is 230 g/mol. The molecule has 104 valence electrons. The smallest absolute Gasteiger partial charge is 0.324 e. The van der Waals surface area contributed by atoms with E-state index in [1.165, 1.54) is 26.4 Å². The summed E-state index contributed by atoms with van der Waals surface area (Å²) < 4.78 is 4.90. The number of nitrogens with zero attached hydrogens (tertiary/aromatic N) is 2. The highest BCUT2D eigenvalue weighted by Crippen LogP contribution is 2.20. The van der Waals surface area contributed by atoms with Gasteiger partial charge in [0.05, 0.1) is 7.11 Å². The van der Waals surface area contributed by atoms with Crippen LogP contribution in [0.4, 0.5) is 0 Å². The molecule has 0 aromatic heterocycles. The van der Waals surface area contributed by atoms with E-state index in [9.17, 15) is 4.79 Å². The van der Waals surface area contributed by atoms with Crippen LogP contribution in [0.15, 0.2) is 0 Å². The first-order chi connectivity index (χ1) is 8.69. The Bertz CT molecular complexity index is 281. The number of ether oxygens (including phenoxy) is 1. The standard InChI is InChI=1S/C13H25N3O2/c1-15-6-3-7-16(9-8-15)10-12(13(17)18-2)14-11-4-5-11/h11-12,14H,3-10H2,1-2H3. The fourth-order valence-corrected chi connectivity index (χ4v) is 2.41. The molecule has 18 heavy (non-hydrogen) atoms. The van der Waals surface area contributed by atoms with Gasteiger partial charge in [-0.15, -0.1) is 0 Å². The van der Waals surface area contributed by atoms with Gasteiger partial charge in [-0.3, -0.25) is 9.69 Å². The van der Waals surface area contributed by atoms with Crippen LogP contribution in [0.5, 0.6) is 0 Å². The van der Waals surface area contributed by atoms with Gasteiger partial charge in [0, 0.05) is 25.7 Å². The molecule has 1 N–H and O–H groups in total. The summed E-state index contributed by atoms with van der Waals surface area (Å²) in [5, 5.41) is 3.39. The van der Waals surface area contributed by atoms with Crippen molar-refractivity contribution in [3.8, 4) is 0 Å². The number of nitrogens with one attached hydrogen (secondary N) is 1. The van der Waals surface area contributed by atoms with Gasteiger partial charge in [-0.1, -0.05) is 0 Å². The first kappa shape index (κ1) is 13.8. The summed E-state index contributed by atoms with van der Waals surface area (Å²) in [5.74, 6) is -0.125. The van der Waals surface area contributed by atoms with Crippen LogP contribution in [0.25, 0.3) is 0 Å². The quantitative estimate of drug-likeness (QED) is 0.696. The Morgan fingerprint density at radius 1 is 1.33 bits per heavy atom. The highest BCUT2D eigenvalue weighted by atomic mass is 16.5. The Balaban J connectivity index is 1.84. The zero-order chi connectivity index (χ0) is 13.0. The number of hydrogen-bond donors (Lipinski definition) is 1. The Morgan fingerprint density at radius 3 is 2.78 bits per heavy atom. The second-order valence-electron chi connectivity index (χ2n) is 5.47. The lowest BCUT2D eigenvalue weighted by Gasteiger charge is -2.25. The molecule has 0 bridgehead atoms. The third-order valence-corrected chi connectivity index (χ3v) is 3.75. The zero-order valence-corrected chi connectivity index (χ0v) is 11.5. The van der Waals surface area contributed by atoms with Crippen molar-refractivity contribution >= 4 is 5.97 Å². The summed E-state index contributed by atoms with van der Waals surface area (Å²) in [5.41, 5.74) is 0. The molecule has 1 heterocycles. The maximum atomic E-state index is 11.8. The summed E-state index contributed by atoms with van der Waals surface area (Å²) in [6, 6.07) is 0.370. The molecule has 2 rings (SSSR count). The Labute approximate surface area is 109 Å². The van der Waals surface area contributed by atoms with E-state index in [2.05, 4.69) is 22.2 Å². The van der Waals surface area contributed by atoms with E-state index in [-0.39, 0.29) is 12.0 Å². The lowest BCUT2D eigenvalue weighted by atomic mass is 10.2. The summed E-state index contributed by atoms with van der Waals surface area (Å²) in [6.45, 7) is 5.12. The monoisotopic (exact) mass is 255 g/mol. The lowest BCUT2D eigenvalue weighted by molar-refractivity contribution is -0.143. The molecule has 1 unspecified atom stereocenters. The average Bonchev–Trinajstić information content (AvgIpc) is 3.17. The molecule has 5 nitrogen and oxygen atoms in total. The molecule has 0 aromatic rings. The maximum absolute atomic E-state index is 11.8. The fraction of sp³-hybridized carbons (Fsp3) is 0.923. The van der Waals surface area contributed by atoms with Crippen LogP contribution in [0, 0.1) is 0 Å². The maximum Gasteiger partial charge on any atom is 0.324 e. The molecule has 2 fully saturated rings. The Kier molecular flexibility index (Phi) is 4.97. The molecule has 1 aliphatic heterocycles. The molecule has 1 saturated carbocycles. The number of methoxy groups -OCH3 is 1. The largest absolute Gasteiger partial charge is 0.468 e. The number of likely N-dealkylation sites (N-methyl/N-ethyl adjacent to an activating group) is 1. The molecule has 1 saturated heterocycles. The van der Waals surface area contributed by atoms with Crippen LogP contribution in [0.3, 0.4) is 0 Å². The van der Waals surface area contributed by atoms with Crippen molar-refractivity contribution in [2.75, 3.05) is 46.9 Å². The number of hydrogen-bond acceptors (Lipinski definition) is 5. The van der Waals surface area contributed by atoms with Gasteiger partial charge in [0.2, 0.25) is 0 Å². The van der Waals surface area contributed by atoms with Gasteiger partial charge < -0.3 is 15.0 Å². The Hall–Kier alpha value is -0.650. The van der Waals surface area contributed by atoms with E-state index < -0.39 is 0 Å². The predicted octanol–water partition coefficient (Wildman–Crippen LogP) is -0.0825. The van der Waals surface area contributed by atoms with Gasteiger partial charge in [0.25, 0.3) is 0 Å². The normalized spacial score (nSPS) is 24.6. The van der Waals surface area contributed by atoms with Crippen molar-refractivity contribution in [3.63, 3.8) is 0 Å². The van der Waals surface area contributed by atoms with E-state index in [0.29, 0.717) is 6.04 Å². The third-order valence-electron chi connectivity index (χ3n) is 3.75. The molecule has 0 spiro atoms. The van der Waals surface area contributed by atoms with Crippen LogP contribution < -0.4 is 5.32 Å². The van der Waals surface area contributed by atoms with Crippen LogP contribution in [-0.4, -0.2) is 74.7 Å². The first-order valence-electron chi connectivity index (χ1n) is 6.94. The molecular formula is C13H25N3O2. The first-order valence-corrected chi connectivity index (χ1v) is 6.94. The van der Waals surface area contributed by atoms with Crippen LogP contribution in [-0.2, 0) is 9.53 Å². The molecule has 2 aliphatic rings. The van der Waals surface area contributed by atoms with Crippen LogP contribution in [0.1, 0.15) is 19.3 Å². The summed E-state index contributed by atoms with van der Waals surface area (Å²) in [7, 11) is 3.63. The highest BCUT2D eigenvalue weighted by Gasteiger charge is 2.30. The van der Waals surface area contributed by atoms with E-state index >= 15 is 0 Å². The second-order valence-corrected chi connectivity index (χ2v) is 5.47. The minimum Gasteiger partial charge on any atom is -0.468 e. The number of carbonyl (C=O) groups excluding carboxylic acids is 1. The second kappa shape index (κ2) is 6.50. The van der Waals surface area contributed by atoms with E-state index in [4.69, 9.17) is 4.74 Å². The summed E-state index contributed by atoms with van der Waals surface area (Å²) in [6.07, 6.45) is 3.56. The number of rotatable bonds is 5. The van der Waals surface area contributed by atoms with E-state index in [1.54, 1.807) is 0 Å². The molecule has 0 aromatic carbocycles. The van der Waals surface area contributed by atoms with Crippen molar-refractivity contribution in [1.82, 2.24) is 15.1 Å². The van der Waals surface area contributed by atoms with Gasteiger partial charge in [-0.2, -0.15) is 0 Å². The van der Waals surface area contributed by atoms with Crippen molar-refractivity contribution in [1.29, 1.82) is 0 Å². The molecule has 5 heteroatoms. The topological polar surface area (TPSA) is 44.8 Å². The number of esters is 1. The SMILES string of the molecule is COC(=O)C(CN1CCCN(C)CC1)NC1CC1. The van der Waals surface area contributed by atoms with Crippen LogP contribution >= 0.6 is 0 Å². The third kappa shape index (κ3) is 4.23. The van der Waals surface area contributed by atoms with E-state index in [1.807, 2.05) is 0 Å². The predicted molar refractivity (Wildman–Crippen MR) is 70.5 cm³/mol. The van der Waals surface area contributed by atoms with Gasteiger partial charge >= 0.3 is 5.97 Å². The van der Waals surface area contributed by atoms with Crippen molar-refractivity contribution < 1.29 is 9.53 Å². The summed E-state index contributed by atoms with van der Waals surface area (Å²) >= 11 is 0. The van der Waals surface area contributed by atoms with Crippen molar-refractivity contribution in [2.24, 2.45) is 0 Å². The van der Waals surface area contributed by atoms with Gasteiger partial charge in [-0.25, -0.2) is 0 Å². The zero-order valence-electron chi connectivity index (χ0n) is 11.5. The lowest BCUT2D eigenvalue weighted by Crippen LogP contribution is -2.48. The number of carbonyl (C=O) groups is 1. The van der Waals surface area contributed by atoms with Crippen molar-refractivity contribution in [2.45, 2.75) is 31.3 Å². The minimum absolute atomic E-state index is 0.125. The van der Waals surface area contributed by atoms with Gasteiger partial charge in [0.15, 0.2) is 0 Å².